The Kier molecular flexibility index (Phi) is 8.49. The van der Waals surface area contributed by atoms with E-state index in [4.69, 9.17) is 0 Å². The van der Waals surface area contributed by atoms with Gasteiger partial charge in [0.05, 0.1) is 11.1 Å². The Hall–Kier alpha value is -7.74. The molecule has 63 heavy (non-hydrogen) atoms. The normalized spacial score (nSPS) is 13.8. The van der Waals surface area contributed by atoms with Crippen LogP contribution in [0, 0.1) is 0 Å². The lowest BCUT2D eigenvalue weighted by Crippen LogP contribution is -2.28. The summed E-state index contributed by atoms with van der Waals surface area (Å²) in [5.74, 6) is 0. The van der Waals surface area contributed by atoms with Crippen LogP contribution in [0.1, 0.15) is 47.2 Å². The van der Waals surface area contributed by atoms with Crippen molar-refractivity contribution in [2.45, 2.75) is 24.7 Å². The topological polar surface area (TPSA) is 3.24 Å². The number of hydrogen-bond donors (Lipinski definition) is 0. The second kappa shape index (κ2) is 14.4. The van der Waals surface area contributed by atoms with E-state index in [2.05, 4.69) is 255 Å². The van der Waals surface area contributed by atoms with Crippen LogP contribution in [-0.4, -0.2) is 0 Å². The van der Waals surface area contributed by atoms with E-state index in [9.17, 15) is 0 Å². The molecule has 0 atom stereocenters. The predicted molar refractivity (Wildman–Crippen MR) is 264 cm³/mol. The van der Waals surface area contributed by atoms with E-state index in [1.165, 1.54) is 88.7 Å². The summed E-state index contributed by atoms with van der Waals surface area (Å²) >= 11 is 0. The van der Waals surface area contributed by atoms with Crippen molar-refractivity contribution < 1.29 is 0 Å². The quantitative estimate of drug-likeness (QED) is 0.155. The highest BCUT2D eigenvalue weighted by Crippen LogP contribution is 2.57. The highest BCUT2D eigenvalue weighted by Gasteiger charge is 2.46. The zero-order valence-corrected chi connectivity index (χ0v) is 35.5. The van der Waals surface area contributed by atoms with Crippen LogP contribution in [0.5, 0.6) is 0 Å². The average molecular weight is 804 g/mol. The number of hydrogen-bond acceptors (Lipinski definition) is 1. The van der Waals surface area contributed by atoms with E-state index in [0.717, 1.165) is 17.1 Å². The summed E-state index contributed by atoms with van der Waals surface area (Å²) in [5.41, 5.74) is 20.6. The van der Waals surface area contributed by atoms with Crippen LogP contribution in [0.15, 0.2) is 237 Å². The molecule has 0 aromatic heterocycles. The summed E-state index contributed by atoms with van der Waals surface area (Å²) in [5, 5.41) is 2.45. The summed E-state index contributed by atoms with van der Waals surface area (Å²) in [4.78, 5) is 2.50. The van der Waals surface area contributed by atoms with Crippen LogP contribution in [0.4, 0.5) is 17.1 Å². The molecular weight excluding hydrogens is 759 g/mol. The molecule has 0 saturated carbocycles. The standard InChI is InChI=1S/C62H45N/c1-61(2)55-31-16-14-29-51(55)53-37-35-49(41-57(53)61)63(59-38-34-42-19-12-13-28-50(42)60(59)43-20-6-3-7-21-43)48-27-18-22-44(39-48)45-33-36-54-52-30-15-17-32-56(52)62(58(54)40-45,46-23-8-4-9-24-46)47-25-10-5-11-26-47/h3-41H,1-2H3. The molecule has 0 saturated heterocycles. The van der Waals surface area contributed by atoms with Gasteiger partial charge >= 0.3 is 0 Å². The zero-order chi connectivity index (χ0) is 42.1. The molecule has 0 spiro atoms. The Balaban J connectivity index is 1.08. The Morgan fingerprint density at radius 1 is 0.333 bits per heavy atom. The van der Waals surface area contributed by atoms with Crippen molar-refractivity contribution in [1.82, 2.24) is 0 Å². The van der Waals surface area contributed by atoms with Gasteiger partial charge in [-0.25, -0.2) is 0 Å². The van der Waals surface area contributed by atoms with Gasteiger partial charge < -0.3 is 4.90 Å². The average Bonchev–Trinajstić information content (AvgIpc) is 3.77. The second-order valence-electron chi connectivity index (χ2n) is 17.6. The van der Waals surface area contributed by atoms with Crippen LogP contribution >= 0.6 is 0 Å². The molecule has 0 heterocycles. The van der Waals surface area contributed by atoms with Gasteiger partial charge in [0, 0.05) is 22.4 Å². The first-order valence-electron chi connectivity index (χ1n) is 22.1. The molecule has 1 heteroatoms. The molecule has 0 radical (unpaired) electrons. The minimum Gasteiger partial charge on any atom is -0.310 e. The predicted octanol–water partition coefficient (Wildman–Crippen LogP) is 16.3. The number of benzene rings is 10. The van der Waals surface area contributed by atoms with E-state index in [0.29, 0.717) is 0 Å². The summed E-state index contributed by atoms with van der Waals surface area (Å²) < 4.78 is 0. The molecule has 0 N–H and O–H groups in total. The fourth-order valence-electron chi connectivity index (χ4n) is 11.1. The van der Waals surface area contributed by atoms with E-state index >= 15 is 0 Å². The van der Waals surface area contributed by atoms with Gasteiger partial charge in [0.15, 0.2) is 0 Å². The highest BCUT2D eigenvalue weighted by atomic mass is 15.1. The molecule has 298 valence electrons. The van der Waals surface area contributed by atoms with E-state index in [1.807, 2.05) is 0 Å². The van der Waals surface area contributed by atoms with Gasteiger partial charge in [-0.1, -0.05) is 214 Å². The van der Waals surface area contributed by atoms with Gasteiger partial charge in [-0.15, -0.1) is 0 Å². The van der Waals surface area contributed by atoms with Gasteiger partial charge in [0.2, 0.25) is 0 Å². The first kappa shape index (κ1) is 37.1. The highest BCUT2D eigenvalue weighted by molar-refractivity contribution is 6.05. The maximum absolute atomic E-state index is 2.50. The molecule has 10 aromatic rings. The van der Waals surface area contributed by atoms with Crippen LogP contribution < -0.4 is 4.90 Å². The Morgan fingerprint density at radius 3 is 1.62 bits per heavy atom. The van der Waals surface area contributed by atoms with Gasteiger partial charge in [-0.05, 0) is 119 Å². The smallest absolute Gasteiger partial charge is 0.0713 e. The maximum Gasteiger partial charge on any atom is 0.0713 e. The SMILES string of the molecule is CC1(C)c2ccccc2-c2ccc(N(c3cccc(-c4ccc5c(c4)C(c4ccccc4)(c4ccccc4)c4ccccc4-5)c3)c3ccc4ccccc4c3-c3ccccc3)cc21. The summed E-state index contributed by atoms with van der Waals surface area (Å²) in [6.07, 6.45) is 0. The third kappa shape index (κ3) is 5.63. The molecule has 10 aromatic carbocycles. The lowest BCUT2D eigenvalue weighted by molar-refractivity contribution is 0.660. The van der Waals surface area contributed by atoms with E-state index < -0.39 is 5.41 Å². The number of nitrogens with zero attached hydrogens (tertiary/aromatic N) is 1. The van der Waals surface area contributed by atoms with Crippen molar-refractivity contribution in [3.8, 4) is 44.5 Å². The van der Waals surface area contributed by atoms with Gasteiger partial charge in [0.25, 0.3) is 0 Å². The molecule has 1 nitrogen and oxygen atoms in total. The third-order valence-electron chi connectivity index (χ3n) is 13.9. The molecule has 0 fully saturated rings. The molecule has 12 rings (SSSR count). The monoisotopic (exact) mass is 803 g/mol. The zero-order valence-electron chi connectivity index (χ0n) is 35.5. The molecule has 2 aliphatic carbocycles. The number of fused-ring (bicyclic) bond motifs is 7. The van der Waals surface area contributed by atoms with Gasteiger partial charge in [-0.2, -0.15) is 0 Å². The maximum atomic E-state index is 2.50. The van der Waals surface area contributed by atoms with Gasteiger partial charge in [-0.3, -0.25) is 0 Å². The number of anilines is 3. The Morgan fingerprint density at radius 2 is 0.873 bits per heavy atom. The first-order valence-corrected chi connectivity index (χ1v) is 22.1. The summed E-state index contributed by atoms with van der Waals surface area (Å²) in [6, 6.07) is 87.8. The fourth-order valence-corrected chi connectivity index (χ4v) is 11.1. The molecule has 2 aliphatic rings. The second-order valence-corrected chi connectivity index (χ2v) is 17.6. The molecule has 0 bridgehead atoms. The van der Waals surface area contributed by atoms with Crippen LogP contribution in [0.25, 0.3) is 55.3 Å². The van der Waals surface area contributed by atoms with Crippen molar-refractivity contribution in [3.63, 3.8) is 0 Å². The van der Waals surface area contributed by atoms with E-state index in [-0.39, 0.29) is 5.41 Å². The van der Waals surface area contributed by atoms with Crippen molar-refractivity contribution >= 4 is 27.8 Å². The van der Waals surface area contributed by atoms with Gasteiger partial charge in [0.1, 0.15) is 0 Å². The molecule has 0 aliphatic heterocycles. The van der Waals surface area contributed by atoms with Crippen LogP contribution in [0.3, 0.4) is 0 Å². The minimum absolute atomic E-state index is 0.146. The Labute approximate surface area is 370 Å². The summed E-state index contributed by atoms with van der Waals surface area (Å²) in [6.45, 7) is 4.74. The first-order chi connectivity index (χ1) is 31.0. The largest absolute Gasteiger partial charge is 0.310 e. The van der Waals surface area contributed by atoms with Crippen LogP contribution in [0.2, 0.25) is 0 Å². The van der Waals surface area contributed by atoms with Crippen molar-refractivity contribution in [2.75, 3.05) is 4.90 Å². The fraction of sp³-hybridized carbons (Fsp3) is 0.0645. The lowest BCUT2D eigenvalue weighted by atomic mass is 9.67. The summed E-state index contributed by atoms with van der Waals surface area (Å²) in [7, 11) is 0. The number of rotatable bonds is 7. The third-order valence-corrected chi connectivity index (χ3v) is 13.9. The molecular formula is C62H45N. The Bertz CT molecular complexity index is 3320. The van der Waals surface area contributed by atoms with Crippen molar-refractivity contribution in [1.29, 1.82) is 0 Å². The van der Waals surface area contributed by atoms with Crippen LogP contribution in [-0.2, 0) is 10.8 Å². The molecule has 0 amide bonds. The van der Waals surface area contributed by atoms with Crippen molar-refractivity contribution in [3.05, 3.63) is 270 Å². The van der Waals surface area contributed by atoms with E-state index in [1.54, 1.807) is 0 Å². The lowest BCUT2D eigenvalue weighted by Gasteiger charge is -2.34. The molecule has 0 unspecified atom stereocenters. The van der Waals surface area contributed by atoms with Crippen molar-refractivity contribution in [2.24, 2.45) is 0 Å². The minimum atomic E-state index is -0.474.